The van der Waals surface area contributed by atoms with Crippen LogP contribution in [0.5, 0.6) is 0 Å². The van der Waals surface area contributed by atoms with Crippen LogP contribution in [-0.4, -0.2) is 47.3 Å². The Morgan fingerprint density at radius 2 is 2.12 bits per heavy atom. The second-order valence-electron chi connectivity index (χ2n) is 4.05. The molecule has 0 unspecified atom stereocenters. The average molecular weight is 236 g/mol. The maximum absolute atomic E-state index is 10.9. The summed E-state index contributed by atoms with van der Waals surface area (Å²) in [7, 11) is 0. The second-order valence-corrected chi connectivity index (χ2v) is 4.05. The standard InChI is InChI=1S/C11H16N4O2/c12-10-3-2-9(8-13-10)14-4-1-5-15(7-6-14)11(16)17/h2-3,8H,1,4-7H2,(H2,12,13)(H,16,17). The zero-order valence-corrected chi connectivity index (χ0v) is 9.54. The van der Waals surface area contributed by atoms with E-state index in [1.807, 2.05) is 6.07 Å². The van der Waals surface area contributed by atoms with E-state index in [4.69, 9.17) is 10.8 Å². The van der Waals surface area contributed by atoms with Crippen LogP contribution in [0.3, 0.4) is 0 Å². The number of pyridine rings is 1. The Kier molecular flexibility index (Phi) is 3.32. The molecule has 1 aromatic heterocycles. The van der Waals surface area contributed by atoms with E-state index in [9.17, 15) is 4.79 Å². The van der Waals surface area contributed by atoms with Crippen molar-refractivity contribution in [3.8, 4) is 0 Å². The van der Waals surface area contributed by atoms with E-state index in [0.717, 1.165) is 18.7 Å². The number of carboxylic acid groups (broad SMARTS) is 1. The van der Waals surface area contributed by atoms with Gasteiger partial charge in [-0.25, -0.2) is 9.78 Å². The molecule has 0 bridgehead atoms. The van der Waals surface area contributed by atoms with Gasteiger partial charge in [-0.1, -0.05) is 0 Å². The summed E-state index contributed by atoms with van der Waals surface area (Å²) in [5.74, 6) is 0.496. The van der Waals surface area contributed by atoms with Gasteiger partial charge in [-0.3, -0.25) is 0 Å². The van der Waals surface area contributed by atoms with Gasteiger partial charge in [0.2, 0.25) is 0 Å². The van der Waals surface area contributed by atoms with Gasteiger partial charge in [-0.15, -0.1) is 0 Å². The van der Waals surface area contributed by atoms with Gasteiger partial charge in [-0.2, -0.15) is 0 Å². The summed E-state index contributed by atoms with van der Waals surface area (Å²) in [4.78, 5) is 18.5. The topological polar surface area (TPSA) is 82.7 Å². The Bertz CT molecular complexity index is 393. The molecule has 3 N–H and O–H groups in total. The average Bonchev–Trinajstić information content (AvgIpc) is 2.55. The van der Waals surface area contributed by atoms with Crippen molar-refractivity contribution in [3.63, 3.8) is 0 Å². The fraction of sp³-hybridized carbons (Fsp3) is 0.455. The van der Waals surface area contributed by atoms with E-state index in [1.165, 1.54) is 4.90 Å². The van der Waals surface area contributed by atoms with Crippen LogP contribution in [0.1, 0.15) is 6.42 Å². The third-order valence-corrected chi connectivity index (χ3v) is 2.90. The monoisotopic (exact) mass is 236 g/mol. The van der Waals surface area contributed by atoms with Gasteiger partial charge in [0.05, 0.1) is 11.9 Å². The number of amides is 1. The third kappa shape index (κ3) is 2.77. The first-order valence-corrected chi connectivity index (χ1v) is 5.61. The Morgan fingerprint density at radius 1 is 1.29 bits per heavy atom. The van der Waals surface area contributed by atoms with Crippen LogP contribution < -0.4 is 10.6 Å². The Balaban J connectivity index is 2.03. The highest BCUT2D eigenvalue weighted by atomic mass is 16.4. The molecule has 1 aliphatic heterocycles. The fourth-order valence-electron chi connectivity index (χ4n) is 1.95. The lowest BCUT2D eigenvalue weighted by atomic mass is 10.3. The highest BCUT2D eigenvalue weighted by Crippen LogP contribution is 2.16. The van der Waals surface area contributed by atoms with Gasteiger partial charge in [0.15, 0.2) is 0 Å². The number of nitrogens with zero attached hydrogens (tertiary/aromatic N) is 3. The lowest BCUT2D eigenvalue weighted by Crippen LogP contribution is -2.34. The number of carbonyl (C=O) groups is 1. The first-order valence-electron chi connectivity index (χ1n) is 5.61. The van der Waals surface area contributed by atoms with Crippen LogP contribution in [0.4, 0.5) is 16.3 Å². The van der Waals surface area contributed by atoms with Gasteiger partial charge < -0.3 is 20.6 Å². The van der Waals surface area contributed by atoms with Crippen molar-refractivity contribution in [3.05, 3.63) is 18.3 Å². The first kappa shape index (κ1) is 11.5. The summed E-state index contributed by atoms with van der Waals surface area (Å²) in [6, 6.07) is 3.67. The maximum atomic E-state index is 10.9. The zero-order chi connectivity index (χ0) is 12.3. The van der Waals surface area contributed by atoms with E-state index in [2.05, 4.69) is 9.88 Å². The normalized spacial score (nSPS) is 16.7. The van der Waals surface area contributed by atoms with Crippen molar-refractivity contribution < 1.29 is 9.90 Å². The quantitative estimate of drug-likeness (QED) is 0.755. The minimum absolute atomic E-state index is 0.496. The molecule has 1 fully saturated rings. The van der Waals surface area contributed by atoms with Gasteiger partial charge >= 0.3 is 6.09 Å². The molecule has 1 saturated heterocycles. The zero-order valence-electron chi connectivity index (χ0n) is 9.54. The van der Waals surface area contributed by atoms with Gasteiger partial charge in [-0.05, 0) is 18.6 Å². The molecule has 92 valence electrons. The summed E-state index contributed by atoms with van der Waals surface area (Å²) in [5.41, 5.74) is 6.53. The van der Waals surface area contributed by atoms with Gasteiger partial charge in [0, 0.05) is 26.2 Å². The van der Waals surface area contributed by atoms with E-state index in [-0.39, 0.29) is 0 Å². The smallest absolute Gasteiger partial charge is 0.407 e. The van der Waals surface area contributed by atoms with E-state index in [0.29, 0.717) is 25.5 Å². The number of rotatable bonds is 1. The van der Waals surface area contributed by atoms with Crippen LogP contribution in [0, 0.1) is 0 Å². The molecule has 0 atom stereocenters. The molecule has 6 nitrogen and oxygen atoms in total. The van der Waals surface area contributed by atoms with Crippen molar-refractivity contribution in [1.82, 2.24) is 9.88 Å². The predicted molar refractivity (Wildman–Crippen MR) is 65.1 cm³/mol. The molecule has 17 heavy (non-hydrogen) atoms. The van der Waals surface area contributed by atoms with Gasteiger partial charge in [0.1, 0.15) is 5.82 Å². The lowest BCUT2D eigenvalue weighted by molar-refractivity contribution is 0.148. The number of hydrogen-bond donors (Lipinski definition) is 2. The number of anilines is 2. The minimum Gasteiger partial charge on any atom is -0.465 e. The molecular formula is C11H16N4O2. The molecule has 1 aliphatic rings. The number of nitrogen functional groups attached to an aromatic ring is 1. The summed E-state index contributed by atoms with van der Waals surface area (Å²) in [6.07, 6.45) is 1.71. The Labute approximate surface area is 99.7 Å². The van der Waals surface area contributed by atoms with E-state index >= 15 is 0 Å². The molecule has 0 aliphatic carbocycles. The van der Waals surface area contributed by atoms with Crippen LogP contribution >= 0.6 is 0 Å². The molecule has 2 heterocycles. The molecule has 0 spiro atoms. The molecule has 1 aromatic rings. The number of nitrogens with two attached hydrogens (primary N) is 1. The summed E-state index contributed by atoms with van der Waals surface area (Å²) < 4.78 is 0. The molecular weight excluding hydrogens is 220 g/mol. The van der Waals surface area contributed by atoms with Crippen molar-refractivity contribution in [2.45, 2.75) is 6.42 Å². The molecule has 1 amide bonds. The Morgan fingerprint density at radius 3 is 2.76 bits per heavy atom. The fourth-order valence-corrected chi connectivity index (χ4v) is 1.95. The van der Waals surface area contributed by atoms with Crippen LogP contribution in [0.2, 0.25) is 0 Å². The van der Waals surface area contributed by atoms with Crippen molar-refractivity contribution >= 4 is 17.6 Å². The molecule has 0 aromatic carbocycles. The van der Waals surface area contributed by atoms with E-state index < -0.39 is 6.09 Å². The summed E-state index contributed by atoms with van der Waals surface area (Å²) >= 11 is 0. The van der Waals surface area contributed by atoms with Gasteiger partial charge in [0.25, 0.3) is 0 Å². The van der Waals surface area contributed by atoms with Crippen LogP contribution in [0.15, 0.2) is 18.3 Å². The Hall–Kier alpha value is -1.98. The number of hydrogen-bond acceptors (Lipinski definition) is 4. The SMILES string of the molecule is Nc1ccc(N2CCCN(C(=O)O)CC2)cn1. The highest BCUT2D eigenvalue weighted by molar-refractivity contribution is 5.65. The first-order chi connectivity index (χ1) is 8.16. The van der Waals surface area contributed by atoms with Crippen LogP contribution in [0.25, 0.3) is 0 Å². The summed E-state index contributed by atoms with van der Waals surface area (Å²) in [5, 5.41) is 8.93. The predicted octanol–water partition coefficient (Wildman–Crippen LogP) is 0.854. The van der Waals surface area contributed by atoms with Crippen molar-refractivity contribution in [2.24, 2.45) is 0 Å². The lowest BCUT2D eigenvalue weighted by Gasteiger charge is -2.22. The molecule has 2 rings (SSSR count). The molecule has 0 radical (unpaired) electrons. The number of aromatic nitrogens is 1. The third-order valence-electron chi connectivity index (χ3n) is 2.90. The molecule has 6 heteroatoms. The summed E-state index contributed by atoms with van der Waals surface area (Å²) in [6.45, 7) is 2.65. The second kappa shape index (κ2) is 4.90. The van der Waals surface area contributed by atoms with E-state index in [1.54, 1.807) is 12.3 Å². The van der Waals surface area contributed by atoms with Crippen molar-refractivity contribution in [2.75, 3.05) is 36.8 Å². The highest BCUT2D eigenvalue weighted by Gasteiger charge is 2.18. The molecule has 0 saturated carbocycles. The van der Waals surface area contributed by atoms with Crippen LogP contribution in [-0.2, 0) is 0 Å². The van der Waals surface area contributed by atoms with Crippen molar-refractivity contribution in [1.29, 1.82) is 0 Å². The largest absolute Gasteiger partial charge is 0.465 e. The minimum atomic E-state index is -0.845. The maximum Gasteiger partial charge on any atom is 0.407 e.